The molecule has 0 aromatic carbocycles. The molecule has 0 amide bonds. The summed E-state index contributed by atoms with van der Waals surface area (Å²) in [6.45, 7) is 0. The second-order valence-corrected chi connectivity index (χ2v) is 6.03. The van der Waals surface area contributed by atoms with E-state index in [-0.39, 0.29) is 0 Å². The minimum Gasteiger partial charge on any atom is -0.423 e. The maximum atomic E-state index is 11.9. The van der Waals surface area contributed by atoms with Gasteiger partial charge in [-0.15, -0.1) is 0 Å². The molecule has 0 N–H and O–H groups in total. The molecule has 0 saturated heterocycles. The van der Waals surface area contributed by atoms with Crippen molar-refractivity contribution >= 4 is 11.9 Å². The fourth-order valence-corrected chi connectivity index (χ4v) is 2.83. The SMILES string of the molecule is O=C(O/C1=C/CCCCCC1)C(=O)O/C1=C/CCCCCC1. The third kappa shape index (κ3) is 6.04. The van der Waals surface area contributed by atoms with Crippen LogP contribution in [0.1, 0.15) is 77.0 Å². The van der Waals surface area contributed by atoms with Crippen LogP contribution in [-0.4, -0.2) is 11.9 Å². The molecule has 2 aliphatic carbocycles. The molecule has 0 heterocycles. The van der Waals surface area contributed by atoms with Crippen LogP contribution < -0.4 is 0 Å². The number of rotatable bonds is 2. The van der Waals surface area contributed by atoms with Crippen molar-refractivity contribution in [2.45, 2.75) is 77.0 Å². The summed E-state index contributed by atoms with van der Waals surface area (Å²) >= 11 is 0. The first kappa shape index (κ1) is 16.8. The molecule has 2 rings (SSSR count). The van der Waals surface area contributed by atoms with Crippen molar-refractivity contribution in [3.8, 4) is 0 Å². The summed E-state index contributed by atoms with van der Waals surface area (Å²) in [6, 6.07) is 0. The molecular weight excluding hydrogens is 280 g/mol. The van der Waals surface area contributed by atoms with Crippen molar-refractivity contribution in [3.05, 3.63) is 23.7 Å². The number of carbonyl (C=O) groups is 2. The average molecular weight is 306 g/mol. The highest BCUT2D eigenvalue weighted by molar-refractivity contribution is 6.30. The van der Waals surface area contributed by atoms with Crippen LogP contribution in [0, 0.1) is 0 Å². The standard InChI is InChI=1S/C18H26O4/c19-17(21-15-11-7-3-1-4-8-12-15)18(20)22-16-13-9-5-2-6-10-14-16/h11,13H,1-10,12,14H2/b15-11+,16-13+. The van der Waals surface area contributed by atoms with Crippen LogP contribution in [0.25, 0.3) is 0 Å². The topological polar surface area (TPSA) is 52.6 Å². The lowest BCUT2D eigenvalue weighted by molar-refractivity contribution is -0.163. The lowest BCUT2D eigenvalue weighted by Gasteiger charge is -2.13. The summed E-state index contributed by atoms with van der Waals surface area (Å²) in [4.78, 5) is 23.7. The van der Waals surface area contributed by atoms with Gasteiger partial charge in [-0.1, -0.05) is 25.7 Å². The molecule has 4 nitrogen and oxygen atoms in total. The molecule has 0 atom stereocenters. The summed E-state index contributed by atoms with van der Waals surface area (Å²) in [7, 11) is 0. The highest BCUT2D eigenvalue weighted by Crippen LogP contribution is 2.20. The number of ether oxygens (including phenoxy) is 2. The molecule has 0 saturated carbocycles. The number of allylic oxidation sites excluding steroid dienone is 4. The van der Waals surface area contributed by atoms with Crippen LogP contribution in [0.5, 0.6) is 0 Å². The van der Waals surface area contributed by atoms with Gasteiger partial charge >= 0.3 is 11.9 Å². The van der Waals surface area contributed by atoms with Gasteiger partial charge in [0.05, 0.1) is 0 Å². The van der Waals surface area contributed by atoms with Crippen LogP contribution in [0.15, 0.2) is 23.7 Å². The first-order valence-corrected chi connectivity index (χ1v) is 8.58. The van der Waals surface area contributed by atoms with Gasteiger partial charge in [-0.05, 0) is 50.7 Å². The maximum Gasteiger partial charge on any atom is 0.422 e. The quantitative estimate of drug-likeness (QED) is 0.555. The van der Waals surface area contributed by atoms with Crippen LogP contribution in [0.3, 0.4) is 0 Å². The summed E-state index contributed by atoms with van der Waals surface area (Å²) in [5.74, 6) is -0.550. The van der Waals surface area contributed by atoms with Crippen LogP contribution in [-0.2, 0) is 19.1 Å². The molecule has 0 aromatic heterocycles. The van der Waals surface area contributed by atoms with Gasteiger partial charge in [0.2, 0.25) is 0 Å². The van der Waals surface area contributed by atoms with E-state index in [4.69, 9.17) is 9.47 Å². The Morgan fingerprint density at radius 1 is 0.636 bits per heavy atom. The van der Waals surface area contributed by atoms with E-state index >= 15 is 0 Å². The molecule has 2 aliphatic rings. The third-order valence-electron chi connectivity index (χ3n) is 4.11. The monoisotopic (exact) mass is 306 g/mol. The highest BCUT2D eigenvalue weighted by Gasteiger charge is 2.21. The normalized spacial score (nSPS) is 25.1. The van der Waals surface area contributed by atoms with E-state index in [1.54, 1.807) is 0 Å². The Labute approximate surface area is 132 Å². The van der Waals surface area contributed by atoms with Crippen molar-refractivity contribution in [1.82, 2.24) is 0 Å². The van der Waals surface area contributed by atoms with Gasteiger partial charge in [0.25, 0.3) is 0 Å². The largest absolute Gasteiger partial charge is 0.423 e. The Balaban J connectivity index is 1.84. The van der Waals surface area contributed by atoms with Crippen molar-refractivity contribution in [2.24, 2.45) is 0 Å². The Morgan fingerprint density at radius 3 is 1.50 bits per heavy atom. The average Bonchev–Trinajstić information content (AvgIpc) is 2.44. The van der Waals surface area contributed by atoms with Gasteiger partial charge in [0.15, 0.2) is 0 Å². The Morgan fingerprint density at radius 2 is 1.05 bits per heavy atom. The van der Waals surface area contributed by atoms with E-state index in [1.165, 1.54) is 12.8 Å². The minimum atomic E-state index is -0.894. The lowest BCUT2D eigenvalue weighted by Crippen LogP contribution is -2.20. The minimum absolute atomic E-state index is 0.619. The fraction of sp³-hybridized carbons (Fsp3) is 0.667. The van der Waals surface area contributed by atoms with E-state index in [0.717, 1.165) is 64.2 Å². The summed E-state index contributed by atoms with van der Waals surface area (Å²) in [5.41, 5.74) is 0. The second-order valence-electron chi connectivity index (χ2n) is 6.03. The van der Waals surface area contributed by atoms with E-state index in [0.29, 0.717) is 11.5 Å². The zero-order chi connectivity index (χ0) is 15.6. The van der Waals surface area contributed by atoms with E-state index in [1.807, 2.05) is 12.2 Å². The Kier molecular flexibility index (Phi) is 7.20. The molecule has 122 valence electrons. The molecule has 0 radical (unpaired) electrons. The number of hydrogen-bond donors (Lipinski definition) is 0. The van der Waals surface area contributed by atoms with Gasteiger partial charge < -0.3 is 9.47 Å². The Hall–Kier alpha value is -1.58. The molecule has 22 heavy (non-hydrogen) atoms. The van der Waals surface area contributed by atoms with Gasteiger partial charge in [0.1, 0.15) is 11.5 Å². The zero-order valence-corrected chi connectivity index (χ0v) is 13.3. The lowest BCUT2D eigenvalue weighted by atomic mass is 10.1. The van der Waals surface area contributed by atoms with Crippen LogP contribution in [0.4, 0.5) is 0 Å². The highest BCUT2D eigenvalue weighted by atomic mass is 16.6. The molecule has 0 unspecified atom stereocenters. The molecule has 0 fully saturated rings. The first-order chi connectivity index (χ1) is 10.8. The first-order valence-electron chi connectivity index (χ1n) is 8.58. The predicted molar refractivity (Wildman–Crippen MR) is 83.8 cm³/mol. The predicted octanol–water partition coefficient (Wildman–Crippen LogP) is 4.55. The van der Waals surface area contributed by atoms with Crippen molar-refractivity contribution in [2.75, 3.05) is 0 Å². The molecular formula is C18H26O4. The van der Waals surface area contributed by atoms with Crippen LogP contribution >= 0.6 is 0 Å². The zero-order valence-electron chi connectivity index (χ0n) is 13.3. The second kappa shape index (κ2) is 9.44. The van der Waals surface area contributed by atoms with Crippen molar-refractivity contribution in [1.29, 1.82) is 0 Å². The maximum absolute atomic E-state index is 11.9. The number of esters is 2. The molecule has 0 aromatic rings. The molecule has 0 spiro atoms. The number of carbonyl (C=O) groups excluding carboxylic acids is 2. The summed E-state index contributed by atoms with van der Waals surface area (Å²) in [5, 5.41) is 0. The van der Waals surface area contributed by atoms with E-state index < -0.39 is 11.9 Å². The van der Waals surface area contributed by atoms with Gasteiger partial charge in [-0.3, -0.25) is 0 Å². The van der Waals surface area contributed by atoms with Crippen molar-refractivity contribution < 1.29 is 19.1 Å². The molecule has 0 aliphatic heterocycles. The smallest absolute Gasteiger partial charge is 0.422 e. The van der Waals surface area contributed by atoms with Crippen molar-refractivity contribution in [3.63, 3.8) is 0 Å². The van der Waals surface area contributed by atoms with Gasteiger partial charge in [-0.25, -0.2) is 9.59 Å². The van der Waals surface area contributed by atoms with Gasteiger partial charge in [0, 0.05) is 12.8 Å². The number of hydrogen-bond acceptors (Lipinski definition) is 4. The van der Waals surface area contributed by atoms with Crippen LogP contribution in [0.2, 0.25) is 0 Å². The third-order valence-corrected chi connectivity index (χ3v) is 4.11. The fourth-order valence-electron chi connectivity index (χ4n) is 2.83. The van der Waals surface area contributed by atoms with Gasteiger partial charge in [-0.2, -0.15) is 0 Å². The summed E-state index contributed by atoms with van der Waals surface area (Å²) < 4.78 is 10.4. The van der Waals surface area contributed by atoms with E-state index in [2.05, 4.69) is 0 Å². The molecule has 0 bridgehead atoms. The summed E-state index contributed by atoms with van der Waals surface area (Å²) in [6.07, 6.45) is 16.1. The van der Waals surface area contributed by atoms with E-state index in [9.17, 15) is 9.59 Å². The molecule has 4 heteroatoms. The Bertz CT molecular complexity index is 406.